The number of fused-ring (bicyclic) bond motifs is 1. The predicted octanol–water partition coefficient (Wildman–Crippen LogP) is 2.05. The lowest BCUT2D eigenvalue weighted by Crippen LogP contribution is -2.27. The molecule has 0 radical (unpaired) electrons. The van der Waals surface area contributed by atoms with Crippen LogP contribution in [0.15, 0.2) is 23.2 Å². The van der Waals surface area contributed by atoms with E-state index >= 15 is 0 Å². The Kier molecular flexibility index (Phi) is 7.49. The minimum atomic E-state index is -0.0520. The van der Waals surface area contributed by atoms with E-state index in [0.717, 1.165) is 18.5 Å². The summed E-state index contributed by atoms with van der Waals surface area (Å²) in [6.45, 7) is 2.47. The van der Waals surface area contributed by atoms with Crippen molar-refractivity contribution in [2.75, 3.05) is 18.4 Å². The van der Waals surface area contributed by atoms with E-state index < -0.39 is 0 Å². The molecular weight excluding hydrogens is 379 g/mol. The fourth-order valence-electron chi connectivity index (χ4n) is 2.48. The molecule has 2 rings (SSSR count). The van der Waals surface area contributed by atoms with Crippen LogP contribution in [-0.4, -0.2) is 25.0 Å². The maximum atomic E-state index is 10.7. The molecule has 0 spiro atoms. The van der Waals surface area contributed by atoms with E-state index in [-0.39, 0.29) is 29.9 Å². The van der Waals surface area contributed by atoms with Gasteiger partial charge in [0, 0.05) is 19.2 Å². The Morgan fingerprint density at radius 2 is 2.10 bits per heavy atom. The number of aryl methyl sites for hydroxylation is 1. The van der Waals surface area contributed by atoms with Gasteiger partial charge >= 0.3 is 0 Å². The first-order valence-corrected chi connectivity index (χ1v) is 7.09. The highest BCUT2D eigenvalue weighted by Gasteiger charge is 2.12. The number of carbonyl (C=O) groups is 1. The van der Waals surface area contributed by atoms with Crippen LogP contribution in [0.4, 0.5) is 5.69 Å². The van der Waals surface area contributed by atoms with E-state index in [0.29, 0.717) is 19.0 Å². The number of nitrogens with one attached hydrogen (secondary N) is 2. The average molecular weight is 402 g/mol. The molecule has 1 aromatic carbocycles. The van der Waals surface area contributed by atoms with Crippen molar-refractivity contribution in [3.8, 4) is 0 Å². The van der Waals surface area contributed by atoms with E-state index in [1.807, 2.05) is 6.07 Å². The number of carbonyl (C=O) groups excluding carboxylic acids is 1. The third-order valence-electron chi connectivity index (χ3n) is 3.43. The van der Waals surface area contributed by atoms with Gasteiger partial charge in [0.2, 0.25) is 5.91 Å². The second kappa shape index (κ2) is 8.86. The summed E-state index contributed by atoms with van der Waals surface area (Å²) in [5.41, 5.74) is 9.71. The average Bonchev–Trinajstić information content (AvgIpc) is 2.44. The third kappa shape index (κ3) is 5.53. The summed E-state index contributed by atoms with van der Waals surface area (Å²) < 4.78 is 0. The molecule has 0 aliphatic heterocycles. The van der Waals surface area contributed by atoms with Gasteiger partial charge < -0.3 is 16.4 Å². The van der Waals surface area contributed by atoms with E-state index in [2.05, 4.69) is 27.8 Å². The van der Waals surface area contributed by atoms with Crippen LogP contribution < -0.4 is 16.4 Å². The molecule has 1 aromatic rings. The number of amides is 1. The summed E-state index contributed by atoms with van der Waals surface area (Å²) in [5.74, 6) is 0.346. The van der Waals surface area contributed by atoms with Crippen LogP contribution in [0, 0.1) is 0 Å². The smallest absolute Gasteiger partial charge is 0.216 e. The summed E-state index contributed by atoms with van der Waals surface area (Å²) >= 11 is 0. The van der Waals surface area contributed by atoms with Gasteiger partial charge in [0.25, 0.3) is 0 Å². The van der Waals surface area contributed by atoms with E-state index in [1.165, 1.54) is 30.9 Å². The van der Waals surface area contributed by atoms with Gasteiger partial charge in [0.15, 0.2) is 5.96 Å². The first-order valence-electron chi connectivity index (χ1n) is 7.09. The minimum Gasteiger partial charge on any atom is -0.370 e. The van der Waals surface area contributed by atoms with Crippen molar-refractivity contribution in [2.24, 2.45) is 10.7 Å². The zero-order valence-corrected chi connectivity index (χ0v) is 14.6. The molecule has 21 heavy (non-hydrogen) atoms. The van der Waals surface area contributed by atoms with Gasteiger partial charge in [-0.1, -0.05) is 12.1 Å². The number of halogens is 1. The number of guanidine groups is 1. The van der Waals surface area contributed by atoms with Crippen molar-refractivity contribution in [2.45, 2.75) is 32.6 Å². The second-order valence-electron chi connectivity index (χ2n) is 5.03. The first kappa shape index (κ1) is 17.7. The normalized spacial score (nSPS) is 13.9. The summed E-state index contributed by atoms with van der Waals surface area (Å²) in [6, 6.07) is 6.28. The summed E-state index contributed by atoms with van der Waals surface area (Å²) in [7, 11) is 0. The number of nitrogens with zero attached hydrogens (tertiary/aromatic N) is 1. The molecule has 116 valence electrons. The maximum absolute atomic E-state index is 10.7. The van der Waals surface area contributed by atoms with Gasteiger partial charge in [-0.05, 0) is 42.9 Å². The topological polar surface area (TPSA) is 79.5 Å². The molecule has 0 unspecified atom stereocenters. The van der Waals surface area contributed by atoms with Crippen molar-refractivity contribution >= 4 is 41.5 Å². The van der Waals surface area contributed by atoms with Gasteiger partial charge in [-0.3, -0.25) is 9.79 Å². The van der Waals surface area contributed by atoms with Crippen LogP contribution in [-0.2, 0) is 17.6 Å². The Balaban J connectivity index is 0.00000220. The Morgan fingerprint density at radius 3 is 2.86 bits per heavy atom. The van der Waals surface area contributed by atoms with E-state index in [1.54, 1.807) is 0 Å². The minimum absolute atomic E-state index is 0. The Labute approximate surface area is 142 Å². The number of aliphatic imine (C=N–C) groups is 1. The number of nitrogens with two attached hydrogens (primary N) is 1. The van der Waals surface area contributed by atoms with Crippen LogP contribution in [0.25, 0.3) is 0 Å². The Bertz CT molecular complexity index is 516. The lowest BCUT2D eigenvalue weighted by molar-refractivity contribution is -0.118. The monoisotopic (exact) mass is 402 g/mol. The second-order valence-corrected chi connectivity index (χ2v) is 5.03. The number of hydrogen-bond acceptors (Lipinski definition) is 2. The van der Waals surface area contributed by atoms with Crippen molar-refractivity contribution in [3.05, 3.63) is 29.3 Å². The molecule has 6 heteroatoms. The molecule has 0 fully saturated rings. The summed E-state index contributed by atoms with van der Waals surface area (Å²) in [5, 5.41) is 5.86. The van der Waals surface area contributed by atoms with Gasteiger partial charge in [-0.2, -0.15) is 0 Å². The fourth-order valence-corrected chi connectivity index (χ4v) is 2.48. The predicted molar refractivity (Wildman–Crippen MR) is 97.3 cm³/mol. The van der Waals surface area contributed by atoms with Crippen molar-refractivity contribution in [1.82, 2.24) is 5.32 Å². The SMILES string of the molecule is CC(=O)NCCN=C(N)Nc1cccc2c1CCCC2.I. The standard InChI is InChI=1S/C15H22N4O.HI/c1-11(20)17-9-10-18-15(16)19-14-8-4-6-12-5-2-3-7-13(12)14;/h4,6,8H,2-3,5,7,9-10H2,1H3,(H,17,20)(H3,16,18,19);1H. The van der Waals surface area contributed by atoms with E-state index in [9.17, 15) is 4.79 Å². The molecule has 0 saturated heterocycles. The molecule has 0 heterocycles. The lowest BCUT2D eigenvalue weighted by atomic mass is 9.90. The van der Waals surface area contributed by atoms with Gasteiger partial charge in [0.1, 0.15) is 0 Å². The molecule has 1 aliphatic rings. The van der Waals surface area contributed by atoms with Crippen LogP contribution in [0.1, 0.15) is 30.9 Å². The number of anilines is 1. The van der Waals surface area contributed by atoms with Crippen LogP contribution in [0.3, 0.4) is 0 Å². The van der Waals surface area contributed by atoms with Crippen molar-refractivity contribution in [3.63, 3.8) is 0 Å². The highest BCUT2D eigenvalue weighted by molar-refractivity contribution is 14.0. The quantitative estimate of drug-likeness (QED) is 0.312. The van der Waals surface area contributed by atoms with Crippen molar-refractivity contribution < 1.29 is 4.79 Å². The molecular formula is C15H23IN4O. The third-order valence-corrected chi connectivity index (χ3v) is 3.43. The Morgan fingerprint density at radius 1 is 1.33 bits per heavy atom. The zero-order chi connectivity index (χ0) is 14.4. The largest absolute Gasteiger partial charge is 0.370 e. The van der Waals surface area contributed by atoms with Crippen LogP contribution in [0.5, 0.6) is 0 Å². The molecule has 4 N–H and O–H groups in total. The first-order chi connectivity index (χ1) is 9.66. The molecule has 0 saturated carbocycles. The molecule has 0 atom stereocenters. The van der Waals surface area contributed by atoms with E-state index in [4.69, 9.17) is 5.73 Å². The molecule has 1 aliphatic carbocycles. The van der Waals surface area contributed by atoms with Gasteiger partial charge in [0.05, 0.1) is 6.54 Å². The Hall–Kier alpha value is -1.31. The van der Waals surface area contributed by atoms with Crippen LogP contribution >= 0.6 is 24.0 Å². The number of hydrogen-bond donors (Lipinski definition) is 3. The summed E-state index contributed by atoms with van der Waals surface area (Å²) in [6.07, 6.45) is 4.73. The fraction of sp³-hybridized carbons (Fsp3) is 0.467. The van der Waals surface area contributed by atoms with Crippen molar-refractivity contribution in [1.29, 1.82) is 0 Å². The molecule has 5 nitrogen and oxygen atoms in total. The van der Waals surface area contributed by atoms with Gasteiger partial charge in [-0.25, -0.2) is 0 Å². The molecule has 1 amide bonds. The van der Waals surface area contributed by atoms with Crippen LogP contribution in [0.2, 0.25) is 0 Å². The lowest BCUT2D eigenvalue weighted by Gasteiger charge is -2.19. The van der Waals surface area contributed by atoms with Gasteiger partial charge in [-0.15, -0.1) is 24.0 Å². The summed E-state index contributed by atoms with van der Waals surface area (Å²) in [4.78, 5) is 14.9. The zero-order valence-electron chi connectivity index (χ0n) is 12.3. The highest BCUT2D eigenvalue weighted by atomic mass is 127. The maximum Gasteiger partial charge on any atom is 0.216 e. The molecule has 0 bridgehead atoms. The molecule has 0 aromatic heterocycles. The highest BCUT2D eigenvalue weighted by Crippen LogP contribution is 2.27. The number of rotatable bonds is 4. The number of benzene rings is 1.